The molecule has 0 fully saturated rings. The Labute approximate surface area is 182 Å². The van der Waals surface area contributed by atoms with Crippen molar-refractivity contribution in [1.82, 2.24) is 0 Å². The van der Waals surface area contributed by atoms with Crippen LogP contribution in [0, 0.1) is 0 Å². The molecular formula is C26H53Br. The molecule has 0 radical (unpaired) electrons. The number of rotatable bonds is 23. The Bertz CT molecular complexity index is 251. The fraction of sp³-hybridized carbons (Fsp3) is 1.00. The van der Waals surface area contributed by atoms with Crippen molar-refractivity contribution in [3.8, 4) is 0 Å². The topological polar surface area (TPSA) is 0 Å². The van der Waals surface area contributed by atoms with Gasteiger partial charge in [-0.1, -0.05) is 165 Å². The zero-order valence-corrected chi connectivity index (χ0v) is 20.8. The van der Waals surface area contributed by atoms with Crippen molar-refractivity contribution < 1.29 is 0 Å². The van der Waals surface area contributed by atoms with Crippen LogP contribution in [0.4, 0.5) is 0 Å². The van der Waals surface area contributed by atoms with E-state index in [2.05, 4.69) is 29.8 Å². The van der Waals surface area contributed by atoms with Gasteiger partial charge in [-0.2, -0.15) is 0 Å². The number of unbranched alkanes of at least 4 members (excludes halogenated alkanes) is 19. The molecule has 0 amide bonds. The second kappa shape index (κ2) is 24.5. The Morgan fingerprint density at radius 1 is 0.370 bits per heavy atom. The van der Waals surface area contributed by atoms with Gasteiger partial charge in [0.2, 0.25) is 0 Å². The lowest BCUT2D eigenvalue weighted by molar-refractivity contribution is 0.524. The van der Waals surface area contributed by atoms with Crippen molar-refractivity contribution in [3.05, 3.63) is 0 Å². The van der Waals surface area contributed by atoms with E-state index in [9.17, 15) is 0 Å². The highest BCUT2D eigenvalue weighted by Gasteiger charge is 2.03. The molecule has 0 saturated heterocycles. The lowest BCUT2D eigenvalue weighted by atomic mass is 10.0. The lowest BCUT2D eigenvalue weighted by Crippen LogP contribution is -1.97. The van der Waals surface area contributed by atoms with E-state index in [0.717, 1.165) is 4.83 Å². The summed E-state index contributed by atoms with van der Waals surface area (Å²) >= 11 is 3.92. The van der Waals surface area contributed by atoms with Crippen LogP contribution in [0.3, 0.4) is 0 Å². The first-order valence-corrected chi connectivity index (χ1v) is 13.9. The lowest BCUT2D eigenvalue weighted by Gasteiger charge is -2.09. The van der Waals surface area contributed by atoms with Crippen molar-refractivity contribution in [2.75, 3.05) is 0 Å². The van der Waals surface area contributed by atoms with Crippen LogP contribution in [0.5, 0.6) is 0 Å². The average molecular weight is 446 g/mol. The fourth-order valence-electron chi connectivity index (χ4n) is 4.03. The van der Waals surface area contributed by atoms with Crippen LogP contribution in [-0.4, -0.2) is 4.83 Å². The monoisotopic (exact) mass is 444 g/mol. The van der Waals surface area contributed by atoms with Gasteiger partial charge in [0, 0.05) is 4.83 Å². The normalized spacial score (nSPS) is 12.6. The summed E-state index contributed by atoms with van der Waals surface area (Å²) in [5, 5.41) is 0. The molecule has 0 aliphatic heterocycles. The Balaban J connectivity index is 3.12. The smallest absolute Gasteiger partial charge is 0.0145 e. The highest BCUT2D eigenvalue weighted by atomic mass is 79.9. The summed E-state index contributed by atoms with van der Waals surface area (Å²) in [5.74, 6) is 0. The van der Waals surface area contributed by atoms with Crippen molar-refractivity contribution in [2.24, 2.45) is 0 Å². The van der Waals surface area contributed by atoms with E-state index in [-0.39, 0.29) is 0 Å². The summed E-state index contributed by atoms with van der Waals surface area (Å²) in [6.07, 6.45) is 33.3. The van der Waals surface area contributed by atoms with Gasteiger partial charge in [0.05, 0.1) is 0 Å². The predicted molar refractivity (Wildman–Crippen MR) is 130 cm³/mol. The molecule has 0 aromatic heterocycles. The summed E-state index contributed by atoms with van der Waals surface area (Å²) in [4.78, 5) is 0.783. The summed E-state index contributed by atoms with van der Waals surface area (Å²) in [5.41, 5.74) is 0. The van der Waals surface area contributed by atoms with Crippen LogP contribution >= 0.6 is 15.9 Å². The van der Waals surface area contributed by atoms with Crippen LogP contribution in [0.2, 0.25) is 0 Å². The summed E-state index contributed by atoms with van der Waals surface area (Å²) in [6, 6.07) is 0. The quantitative estimate of drug-likeness (QED) is 0.108. The van der Waals surface area contributed by atoms with Crippen molar-refractivity contribution in [2.45, 2.75) is 166 Å². The molecule has 1 atom stereocenters. The molecule has 164 valence electrons. The highest BCUT2D eigenvalue weighted by Crippen LogP contribution is 2.20. The standard InChI is InChI=1S/C26H53Br/c1-3-5-7-9-11-13-14-15-17-19-21-23-25-26(27)24-22-20-18-16-12-10-8-6-4-2/h26H,3-25H2,1-2H3. The third-order valence-electron chi connectivity index (χ3n) is 5.99. The summed E-state index contributed by atoms with van der Waals surface area (Å²) in [7, 11) is 0. The second-order valence-electron chi connectivity index (χ2n) is 8.89. The number of hydrogen-bond donors (Lipinski definition) is 0. The van der Waals surface area contributed by atoms with E-state index >= 15 is 0 Å². The minimum atomic E-state index is 0.783. The maximum absolute atomic E-state index is 3.92. The molecule has 1 heteroatoms. The van der Waals surface area contributed by atoms with Crippen molar-refractivity contribution >= 4 is 15.9 Å². The largest absolute Gasteiger partial charge is 0.0891 e. The van der Waals surface area contributed by atoms with Crippen molar-refractivity contribution in [3.63, 3.8) is 0 Å². The molecule has 0 aliphatic rings. The Hall–Kier alpha value is 0.480. The molecule has 0 heterocycles. The molecule has 1 unspecified atom stereocenters. The van der Waals surface area contributed by atoms with Gasteiger partial charge in [0.25, 0.3) is 0 Å². The van der Waals surface area contributed by atoms with Gasteiger partial charge in [-0.25, -0.2) is 0 Å². The van der Waals surface area contributed by atoms with E-state index in [4.69, 9.17) is 0 Å². The minimum absolute atomic E-state index is 0.783. The minimum Gasteiger partial charge on any atom is -0.0891 e. The molecule has 0 aromatic rings. The first-order valence-electron chi connectivity index (χ1n) is 12.9. The van der Waals surface area contributed by atoms with Crippen LogP contribution in [0.15, 0.2) is 0 Å². The van der Waals surface area contributed by atoms with Gasteiger partial charge in [-0.3, -0.25) is 0 Å². The van der Waals surface area contributed by atoms with E-state index in [1.165, 1.54) is 148 Å². The third-order valence-corrected chi connectivity index (χ3v) is 6.91. The van der Waals surface area contributed by atoms with Crippen molar-refractivity contribution in [1.29, 1.82) is 0 Å². The number of alkyl halides is 1. The zero-order chi connectivity index (χ0) is 19.8. The van der Waals surface area contributed by atoms with Gasteiger partial charge in [-0.05, 0) is 12.8 Å². The molecule has 0 aromatic carbocycles. The van der Waals surface area contributed by atoms with Gasteiger partial charge in [0.1, 0.15) is 0 Å². The highest BCUT2D eigenvalue weighted by molar-refractivity contribution is 9.09. The predicted octanol–water partition coefficient (Wildman–Crippen LogP) is 10.8. The maximum atomic E-state index is 3.92. The van der Waals surface area contributed by atoms with Crippen LogP contribution in [0.1, 0.15) is 162 Å². The Morgan fingerprint density at radius 2 is 0.593 bits per heavy atom. The summed E-state index contributed by atoms with van der Waals surface area (Å²) in [6.45, 7) is 4.60. The van der Waals surface area contributed by atoms with Gasteiger partial charge in [0.15, 0.2) is 0 Å². The third kappa shape index (κ3) is 24.4. The maximum Gasteiger partial charge on any atom is 0.0145 e. The molecule has 0 aliphatic carbocycles. The number of hydrogen-bond acceptors (Lipinski definition) is 0. The van der Waals surface area contributed by atoms with Gasteiger partial charge in [-0.15, -0.1) is 0 Å². The zero-order valence-electron chi connectivity index (χ0n) is 19.2. The van der Waals surface area contributed by atoms with E-state index in [1.54, 1.807) is 0 Å². The van der Waals surface area contributed by atoms with E-state index in [1.807, 2.05) is 0 Å². The fourth-order valence-corrected chi connectivity index (χ4v) is 4.68. The molecule has 0 rings (SSSR count). The molecule has 0 spiro atoms. The van der Waals surface area contributed by atoms with Gasteiger partial charge < -0.3 is 0 Å². The van der Waals surface area contributed by atoms with E-state index < -0.39 is 0 Å². The Morgan fingerprint density at radius 3 is 0.852 bits per heavy atom. The van der Waals surface area contributed by atoms with Crippen LogP contribution in [0.25, 0.3) is 0 Å². The average Bonchev–Trinajstić information content (AvgIpc) is 2.67. The second-order valence-corrected chi connectivity index (χ2v) is 10.2. The number of halogens is 1. The van der Waals surface area contributed by atoms with Crippen LogP contribution in [-0.2, 0) is 0 Å². The molecule has 0 saturated carbocycles. The van der Waals surface area contributed by atoms with E-state index in [0.29, 0.717) is 0 Å². The molecule has 0 bridgehead atoms. The summed E-state index contributed by atoms with van der Waals surface area (Å²) < 4.78 is 0. The first-order chi connectivity index (χ1) is 13.3. The van der Waals surface area contributed by atoms with Crippen LogP contribution < -0.4 is 0 Å². The molecule has 0 nitrogen and oxygen atoms in total. The first kappa shape index (κ1) is 27.5. The molecular weight excluding hydrogens is 392 g/mol. The van der Waals surface area contributed by atoms with Gasteiger partial charge >= 0.3 is 0 Å². The molecule has 0 N–H and O–H groups in total. The SMILES string of the molecule is CCCCCCCCCCCCCCC(Br)CCCCCCCCCCC. The Kier molecular flexibility index (Phi) is 25.0. The molecule has 27 heavy (non-hydrogen) atoms.